The van der Waals surface area contributed by atoms with Gasteiger partial charge in [0.15, 0.2) is 0 Å². The van der Waals surface area contributed by atoms with Crippen LogP contribution >= 0.6 is 0 Å². The number of hydrogen-bond acceptors (Lipinski definition) is 3. The average molecular weight is 194 g/mol. The van der Waals surface area contributed by atoms with E-state index in [1.807, 2.05) is 17.7 Å². The van der Waals surface area contributed by atoms with Gasteiger partial charge >= 0.3 is 5.97 Å². The van der Waals surface area contributed by atoms with Crippen LogP contribution < -0.4 is 0 Å². The Bertz CT molecular complexity index is 329. The molecule has 0 aliphatic carbocycles. The van der Waals surface area contributed by atoms with Gasteiger partial charge < -0.3 is 9.30 Å². The molecule has 0 N–H and O–H groups in total. The van der Waals surface area contributed by atoms with Crippen molar-refractivity contribution in [3.8, 4) is 0 Å². The molecule has 4 heteroatoms. The SMILES string of the molecule is CCOC(=O)/C=C/Cn1ccnc1C. The molecule has 0 atom stereocenters. The van der Waals surface area contributed by atoms with Crippen LogP contribution in [0.4, 0.5) is 0 Å². The lowest BCUT2D eigenvalue weighted by atomic mass is 10.4. The number of allylic oxidation sites excluding steroid dienone is 1. The molecule has 1 aromatic heterocycles. The molecule has 0 aromatic carbocycles. The normalized spacial score (nSPS) is 10.7. The van der Waals surface area contributed by atoms with Gasteiger partial charge in [0.2, 0.25) is 0 Å². The van der Waals surface area contributed by atoms with E-state index < -0.39 is 0 Å². The van der Waals surface area contributed by atoms with Crippen molar-refractivity contribution in [1.82, 2.24) is 9.55 Å². The predicted octanol–water partition coefficient (Wildman–Crippen LogP) is 1.31. The highest BCUT2D eigenvalue weighted by Gasteiger charge is 1.95. The van der Waals surface area contributed by atoms with Gasteiger partial charge in [-0.2, -0.15) is 0 Å². The first-order valence-electron chi connectivity index (χ1n) is 4.55. The maximum atomic E-state index is 10.9. The smallest absolute Gasteiger partial charge is 0.330 e. The first-order valence-corrected chi connectivity index (χ1v) is 4.55. The van der Waals surface area contributed by atoms with Crippen LogP contribution in [0.5, 0.6) is 0 Å². The number of ether oxygens (including phenoxy) is 1. The first kappa shape index (κ1) is 10.5. The number of esters is 1. The zero-order valence-corrected chi connectivity index (χ0v) is 8.43. The molecule has 0 amide bonds. The highest BCUT2D eigenvalue weighted by Crippen LogP contribution is 1.95. The van der Waals surface area contributed by atoms with E-state index in [4.69, 9.17) is 4.74 Å². The Balaban J connectivity index is 2.41. The van der Waals surface area contributed by atoms with Crippen LogP contribution in [0.25, 0.3) is 0 Å². The van der Waals surface area contributed by atoms with E-state index in [1.54, 1.807) is 19.2 Å². The molecule has 0 aliphatic rings. The van der Waals surface area contributed by atoms with Gasteiger partial charge in [0.25, 0.3) is 0 Å². The van der Waals surface area contributed by atoms with Gasteiger partial charge in [-0.15, -0.1) is 0 Å². The molecule has 0 bridgehead atoms. The van der Waals surface area contributed by atoms with Crippen molar-refractivity contribution in [3.05, 3.63) is 30.4 Å². The van der Waals surface area contributed by atoms with Crippen LogP contribution in [0.15, 0.2) is 24.5 Å². The van der Waals surface area contributed by atoms with Crippen molar-refractivity contribution in [2.24, 2.45) is 0 Å². The summed E-state index contributed by atoms with van der Waals surface area (Å²) in [4.78, 5) is 15.0. The summed E-state index contributed by atoms with van der Waals surface area (Å²) in [7, 11) is 0. The monoisotopic (exact) mass is 194 g/mol. The highest BCUT2D eigenvalue weighted by molar-refractivity contribution is 5.81. The van der Waals surface area contributed by atoms with E-state index in [0.717, 1.165) is 5.82 Å². The number of nitrogens with zero attached hydrogens (tertiary/aromatic N) is 2. The zero-order chi connectivity index (χ0) is 10.4. The van der Waals surface area contributed by atoms with Gasteiger partial charge in [0.1, 0.15) is 5.82 Å². The van der Waals surface area contributed by atoms with Crippen molar-refractivity contribution >= 4 is 5.97 Å². The van der Waals surface area contributed by atoms with E-state index in [2.05, 4.69) is 4.98 Å². The van der Waals surface area contributed by atoms with E-state index in [0.29, 0.717) is 13.2 Å². The summed E-state index contributed by atoms with van der Waals surface area (Å²) in [5.41, 5.74) is 0. The fraction of sp³-hybridized carbons (Fsp3) is 0.400. The molecule has 0 spiro atoms. The van der Waals surface area contributed by atoms with Crippen LogP contribution in [0.3, 0.4) is 0 Å². The molecule has 76 valence electrons. The first-order chi connectivity index (χ1) is 6.74. The van der Waals surface area contributed by atoms with Gasteiger partial charge in [0.05, 0.1) is 6.61 Å². The van der Waals surface area contributed by atoms with Crippen molar-refractivity contribution in [1.29, 1.82) is 0 Å². The summed E-state index contributed by atoms with van der Waals surface area (Å²) in [6, 6.07) is 0. The van der Waals surface area contributed by atoms with E-state index in [1.165, 1.54) is 6.08 Å². The Morgan fingerprint density at radius 2 is 2.50 bits per heavy atom. The molecule has 1 rings (SSSR count). The maximum Gasteiger partial charge on any atom is 0.330 e. The number of carbonyl (C=O) groups is 1. The van der Waals surface area contributed by atoms with Crippen molar-refractivity contribution in [3.63, 3.8) is 0 Å². The molecule has 0 fully saturated rings. The number of aromatic nitrogens is 2. The topological polar surface area (TPSA) is 44.1 Å². The Labute approximate surface area is 83.2 Å². The minimum absolute atomic E-state index is 0.301. The minimum atomic E-state index is -0.301. The lowest BCUT2D eigenvalue weighted by Gasteiger charge is -1.99. The molecule has 0 aliphatic heterocycles. The second-order valence-electron chi connectivity index (χ2n) is 2.78. The van der Waals surface area contributed by atoms with Crippen molar-refractivity contribution in [2.75, 3.05) is 6.61 Å². The summed E-state index contributed by atoms with van der Waals surface area (Å²) < 4.78 is 6.68. The third-order valence-corrected chi connectivity index (χ3v) is 1.77. The molecule has 1 aromatic rings. The largest absolute Gasteiger partial charge is 0.463 e. The average Bonchev–Trinajstić information content (AvgIpc) is 2.52. The standard InChI is InChI=1S/C10H14N2O2/c1-3-14-10(13)5-4-7-12-8-6-11-9(12)2/h4-6,8H,3,7H2,1-2H3/b5-4+. The quantitative estimate of drug-likeness (QED) is 0.536. The summed E-state index contributed by atoms with van der Waals surface area (Å²) >= 11 is 0. The van der Waals surface area contributed by atoms with Crippen LogP contribution in [0.2, 0.25) is 0 Å². The maximum absolute atomic E-state index is 10.9. The number of carbonyl (C=O) groups excluding carboxylic acids is 1. The molecular formula is C10H14N2O2. The van der Waals surface area contributed by atoms with Crippen LogP contribution in [0, 0.1) is 6.92 Å². The Hall–Kier alpha value is -1.58. The van der Waals surface area contributed by atoms with E-state index in [9.17, 15) is 4.79 Å². The lowest BCUT2D eigenvalue weighted by molar-refractivity contribution is -0.137. The van der Waals surface area contributed by atoms with Crippen LogP contribution in [-0.2, 0) is 16.1 Å². The number of aryl methyl sites for hydroxylation is 1. The summed E-state index contributed by atoms with van der Waals surface area (Å²) in [5.74, 6) is 0.628. The summed E-state index contributed by atoms with van der Waals surface area (Å²) in [6.07, 6.45) is 6.79. The summed E-state index contributed by atoms with van der Waals surface area (Å²) in [5, 5.41) is 0. The fourth-order valence-electron chi connectivity index (χ4n) is 1.05. The number of rotatable bonds is 4. The molecule has 4 nitrogen and oxygen atoms in total. The molecule has 1 heterocycles. The predicted molar refractivity (Wildman–Crippen MR) is 52.7 cm³/mol. The van der Waals surface area contributed by atoms with Gasteiger partial charge in [-0.3, -0.25) is 0 Å². The minimum Gasteiger partial charge on any atom is -0.463 e. The Morgan fingerprint density at radius 1 is 1.71 bits per heavy atom. The molecule has 14 heavy (non-hydrogen) atoms. The highest BCUT2D eigenvalue weighted by atomic mass is 16.5. The third kappa shape index (κ3) is 3.05. The van der Waals surface area contributed by atoms with E-state index in [-0.39, 0.29) is 5.97 Å². The van der Waals surface area contributed by atoms with Crippen LogP contribution in [0.1, 0.15) is 12.7 Å². The van der Waals surface area contributed by atoms with Gasteiger partial charge in [-0.05, 0) is 13.8 Å². The molecular weight excluding hydrogens is 180 g/mol. The Morgan fingerprint density at radius 3 is 3.07 bits per heavy atom. The van der Waals surface area contributed by atoms with Crippen molar-refractivity contribution < 1.29 is 9.53 Å². The van der Waals surface area contributed by atoms with Crippen LogP contribution in [-0.4, -0.2) is 22.1 Å². The molecule has 0 saturated heterocycles. The Kier molecular flexibility index (Phi) is 3.91. The lowest BCUT2D eigenvalue weighted by Crippen LogP contribution is -2.01. The fourth-order valence-corrected chi connectivity index (χ4v) is 1.05. The van der Waals surface area contributed by atoms with Gasteiger partial charge in [0, 0.05) is 25.0 Å². The molecule has 0 unspecified atom stereocenters. The molecule has 0 saturated carbocycles. The number of hydrogen-bond donors (Lipinski definition) is 0. The summed E-state index contributed by atoms with van der Waals surface area (Å²) in [6.45, 7) is 4.75. The number of imidazole rings is 1. The third-order valence-electron chi connectivity index (χ3n) is 1.77. The van der Waals surface area contributed by atoms with Gasteiger partial charge in [-0.1, -0.05) is 6.08 Å². The zero-order valence-electron chi connectivity index (χ0n) is 8.43. The second kappa shape index (κ2) is 5.21. The van der Waals surface area contributed by atoms with Gasteiger partial charge in [-0.25, -0.2) is 9.78 Å². The van der Waals surface area contributed by atoms with E-state index >= 15 is 0 Å². The molecule has 0 radical (unpaired) electrons. The van der Waals surface area contributed by atoms with Crippen molar-refractivity contribution in [2.45, 2.75) is 20.4 Å². The second-order valence-corrected chi connectivity index (χ2v) is 2.78.